The molecule has 1 N–H and O–H groups in total. The molecule has 29 heavy (non-hydrogen) atoms. The molecule has 1 amide bonds. The molecule has 0 aromatic heterocycles. The number of rotatable bonds is 9. The Labute approximate surface area is 184 Å². The molecule has 0 saturated carbocycles. The van der Waals surface area contributed by atoms with Crippen LogP contribution in [0.5, 0.6) is 0 Å². The minimum Gasteiger partial charge on any atom is -0.352 e. The van der Waals surface area contributed by atoms with Gasteiger partial charge in [-0.2, -0.15) is 5.26 Å². The van der Waals surface area contributed by atoms with E-state index in [9.17, 15) is 13.2 Å². The highest BCUT2D eigenvalue weighted by Gasteiger charge is 2.19. The second-order valence-electron chi connectivity index (χ2n) is 6.32. The van der Waals surface area contributed by atoms with E-state index in [1.165, 1.54) is 0 Å². The highest BCUT2D eigenvalue weighted by atomic mass is 79.9. The van der Waals surface area contributed by atoms with Gasteiger partial charge in [-0.25, -0.2) is 8.42 Å². The van der Waals surface area contributed by atoms with E-state index in [0.717, 1.165) is 10.0 Å². The summed E-state index contributed by atoms with van der Waals surface area (Å²) in [6, 6.07) is 16.3. The molecule has 0 aliphatic heterocycles. The average Bonchev–Trinajstić information content (AvgIpc) is 2.69. The van der Waals surface area contributed by atoms with Crippen LogP contribution in [0.15, 0.2) is 58.6 Å². The Morgan fingerprint density at radius 3 is 2.52 bits per heavy atom. The molecule has 0 radical (unpaired) electrons. The number of carbonyl (C=O) groups is 1. The summed E-state index contributed by atoms with van der Waals surface area (Å²) in [6.45, 7) is 0.318. The molecule has 2 aromatic carbocycles. The smallest absolute Gasteiger partial charge is 0.248 e. The zero-order valence-electron chi connectivity index (χ0n) is 15.6. The number of halogens is 2. The third-order valence-corrected chi connectivity index (χ3v) is 6.51. The maximum Gasteiger partial charge on any atom is 0.248 e. The summed E-state index contributed by atoms with van der Waals surface area (Å²) in [5.74, 6) is -1.17. The van der Waals surface area contributed by atoms with Gasteiger partial charge < -0.3 is 5.32 Å². The zero-order chi connectivity index (χ0) is 21.3. The average molecular weight is 496 g/mol. The number of nitriles is 1. The van der Waals surface area contributed by atoms with Crippen LogP contribution in [0.1, 0.15) is 17.5 Å². The molecule has 0 bridgehead atoms. The fourth-order valence-electron chi connectivity index (χ4n) is 2.57. The van der Waals surface area contributed by atoms with E-state index in [1.54, 1.807) is 24.3 Å². The molecule has 0 heterocycles. The van der Waals surface area contributed by atoms with Gasteiger partial charge in [0.05, 0.1) is 17.6 Å². The standard InChI is InChI=1S/C21H20BrClN2O3S/c22-19-8-6-16(7-9-19)14-18(15-29(27,28)13-3-11-24)21(26)25-12-10-17-4-1-2-5-20(17)23/h1-2,4-9,14H,3,10,12-13,15H2,(H,25,26)/b18-14+. The van der Waals surface area contributed by atoms with E-state index in [2.05, 4.69) is 21.2 Å². The summed E-state index contributed by atoms with van der Waals surface area (Å²) in [7, 11) is -3.58. The summed E-state index contributed by atoms with van der Waals surface area (Å²) in [5.41, 5.74) is 1.74. The molecule has 0 unspecified atom stereocenters. The van der Waals surface area contributed by atoms with Crippen molar-refractivity contribution < 1.29 is 13.2 Å². The number of nitrogens with zero attached hydrogens (tertiary/aromatic N) is 1. The molecular formula is C21H20BrClN2O3S. The number of nitrogens with one attached hydrogen (secondary N) is 1. The van der Waals surface area contributed by atoms with Gasteiger partial charge in [-0.3, -0.25) is 4.79 Å². The van der Waals surface area contributed by atoms with Gasteiger partial charge in [0.1, 0.15) is 0 Å². The fraction of sp³-hybridized carbons (Fsp3) is 0.238. The van der Waals surface area contributed by atoms with E-state index in [1.807, 2.05) is 36.4 Å². The third-order valence-electron chi connectivity index (χ3n) is 4.04. The van der Waals surface area contributed by atoms with Crippen molar-refractivity contribution in [1.82, 2.24) is 5.32 Å². The Hall–Kier alpha value is -2.14. The predicted octanol–water partition coefficient (Wildman–Crippen LogP) is 4.17. The van der Waals surface area contributed by atoms with Gasteiger partial charge in [0, 0.05) is 28.0 Å². The van der Waals surface area contributed by atoms with Gasteiger partial charge >= 0.3 is 0 Å². The number of hydrogen-bond acceptors (Lipinski definition) is 4. The SMILES string of the molecule is N#CCCS(=O)(=O)C/C(=C\c1ccc(Br)cc1)C(=O)NCCc1ccccc1Cl. The normalized spacial score (nSPS) is 11.7. The minimum absolute atomic E-state index is 0.109. The molecule has 0 spiro atoms. The molecule has 0 saturated heterocycles. The van der Waals surface area contributed by atoms with Gasteiger partial charge in [-0.05, 0) is 41.8 Å². The second kappa shape index (κ2) is 11.1. The summed E-state index contributed by atoms with van der Waals surface area (Å²) in [6.07, 6.45) is 1.97. The summed E-state index contributed by atoms with van der Waals surface area (Å²) in [5, 5.41) is 12.0. The Morgan fingerprint density at radius 2 is 1.86 bits per heavy atom. The van der Waals surface area contributed by atoms with Gasteiger partial charge in [-0.1, -0.05) is 57.9 Å². The van der Waals surface area contributed by atoms with Crippen LogP contribution in [0.4, 0.5) is 0 Å². The van der Waals surface area contributed by atoms with Crippen LogP contribution in [-0.4, -0.2) is 32.4 Å². The number of amides is 1. The molecule has 152 valence electrons. The van der Waals surface area contributed by atoms with Crippen molar-refractivity contribution in [1.29, 1.82) is 5.26 Å². The Bertz CT molecular complexity index is 1030. The Kier molecular flexibility index (Phi) is 8.90. The number of benzene rings is 2. The molecule has 0 fully saturated rings. The van der Waals surface area contributed by atoms with E-state index in [4.69, 9.17) is 16.9 Å². The van der Waals surface area contributed by atoms with Crippen LogP contribution in [0.25, 0.3) is 6.08 Å². The fourth-order valence-corrected chi connectivity index (χ4v) is 4.30. The lowest BCUT2D eigenvalue weighted by atomic mass is 10.1. The van der Waals surface area contributed by atoms with E-state index in [0.29, 0.717) is 23.6 Å². The largest absolute Gasteiger partial charge is 0.352 e. The monoisotopic (exact) mass is 494 g/mol. The zero-order valence-corrected chi connectivity index (χ0v) is 18.7. The van der Waals surface area contributed by atoms with Crippen LogP contribution >= 0.6 is 27.5 Å². The molecular weight excluding hydrogens is 476 g/mol. The number of carbonyl (C=O) groups excluding carboxylic acids is 1. The minimum atomic E-state index is -3.58. The molecule has 5 nitrogen and oxygen atoms in total. The lowest BCUT2D eigenvalue weighted by Crippen LogP contribution is -2.30. The van der Waals surface area contributed by atoms with E-state index < -0.39 is 21.5 Å². The van der Waals surface area contributed by atoms with Gasteiger partial charge in [0.15, 0.2) is 9.84 Å². The van der Waals surface area contributed by atoms with Crippen LogP contribution in [0.3, 0.4) is 0 Å². The van der Waals surface area contributed by atoms with Gasteiger partial charge in [0.25, 0.3) is 0 Å². The van der Waals surface area contributed by atoms with Crippen LogP contribution in [0.2, 0.25) is 5.02 Å². The van der Waals surface area contributed by atoms with E-state index in [-0.39, 0.29) is 17.7 Å². The summed E-state index contributed by atoms with van der Waals surface area (Å²) in [4.78, 5) is 12.7. The van der Waals surface area contributed by atoms with Crippen molar-refractivity contribution in [3.63, 3.8) is 0 Å². The first kappa shape index (κ1) is 23.1. The molecule has 0 aliphatic carbocycles. The first-order valence-corrected chi connectivity index (χ1v) is 11.8. The van der Waals surface area contributed by atoms with E-state index >= 15 is 0 Å². The molecule has 0 atom stereocenters. The topological polar surface area (TPSA) is 87.0 Å². The molecule has 8 heteroatoms. The van der Waals surface area contributed by atoms with Crippen molar-refractivity contribution >= 4 is 49.4 Å². The van der Waals surface area contributed by atoms with Crippen molar-refractivity contribution in [2.75, 3.05) is 18.1 Å². The summed E-state index contributed by atoms with van der Waals surface area (Å²) < 4.78 is 25.5. The first-order chi connectivity index (χ1) is 13.8. The highest BCUT2D eigenvalue weighted by molar-refractivity contribution is 9.10. The molecule has 2 aromatic rings. The van der Waals surface area contributed by atoms with Crippen LogP contribution in [0, 0.1) is 11.3 Å². The lowest BCUT2D eigenvalue weighted by molar-refractivity contribution is -0.117. The van der Waals surface area contributed by atoms with Crippen molar-refractivity contribution in [2.45, 2.75) is 12.8 Å². The van der Waals surface area contributed by atoms with Crippen molar-refractivity contribution in [2.24, 2.45) is 0 Å². The van der Waals surface area contributed by atoms with Crippen molar-refractivity contribution in [3.8, 4) is 6.07 Å². The van der Waals surface area contributed by atoms with Gasteiger partial charge in [0.2, 0.25) is 5.91 Å². The molecule has 2 rings (SSSR count). The third kappa shape index (κ3) is 8.01. The maximum atomic E-state index is 12.7. The Balaban J connectivity index is 2.15. The first-order valence-electron chi connectivity index (χ1n) is 8.86. The number of sulfone groups is 1. The number of hydrogen-bond donors (Lipinski definition) is 1. The van der Waals surface area contributed by atoms with Gasteiger partial charge in [-0.15, -0.1) is 0 Å². The summed E-state index contributed by atoms with van der Waals surface area (Å²) >= 11 is 9.47. The van der Waals surface area contributed by atoms with Crippen LogP contribution < -0.4 is 5.32 Å². The lowest BCUT2D eigenvalue weighted by Gasteiger charge is -2.11. The molecule has 0 aliphatic rings. The quantitative estimate of drug-likeness (QED) is 0.529. The van der Waals surface area contributed by atoms with Crippen molar-refractivity contribution in [3.05, 3.63) is 74.7 Å². The second-order valence-corrected chi connectivity index (χ2v) is 9.83. The highest BCUT2D eigenvalue weighted by Crippen LogP contribution is 2.16. The predicted molar refractivity (Wildman–Crippen MR) is 119 cm³/mol. The van der Waals surface area contributed by atoms with Crippen LogP contribution in [-0.2, 0) is 21.1 Å². The Morgan fingerprint density at radius 1 is 1.17 bits per heavy atom. The maximum absolute atomic E-state index is 12.7.